The van der Waals surface area contributed by atoms with Gasteiger partial charge in [0.15, 0.2) is 0 Å². The fraction of sp³-hybridized carbons (Fsp3) is 0.238. The number of aromatic amines is 1. The summed E-state index contributed by atoms with van der Waals surface area (Å²) < 4.78 is 42.3. The lowest BCUT2D eigenvalue weighted by Gasteiger charge is -2.35. The zero-order chi connectivity index (χ0) is 21.7. The summed E-state index contributed by atoms with van der Waals surface area (Å²) in [6.45, 7) is 0. The molecule has 5 rings (SSSR count). The van der Waals surface area contributed by atoms with E-state index in [0.29, 0.717) is 18.5 Å². The zero-order valence-corrected chi connectivity index (χ0v) is 16.0. The second-order valence-electron chi connectivity index (χ2n) is 7.61. The number of benzene rings is 1. The summed E-state index contributed by atoms with van der Waals surface area (Å²) in [4.78, 5) is 29.5. The van der Waals surface area contributed by atoms with Crippen molar-refractivity contribution in [2.75, 3.05) is 5.32 Å². The lowest BCUT2D eigenvalue weighted by molar-refractivity contribution is 0.177. The van der Waals surface area contributed by atoms with E-state index in [2.05, 4.69) is 20.5 Å². The third kappa shape index (κ3) is 3.33. The van der Waals surface area contributed by atoms with Crippen LogP contribution in [0.15, 0.2) is 41.3 Å². The molecule has 1 fully saturated rings. The van der Waals surface area contributed by atoms with E-state index in [-0.39, 0.29) is 34.5 Å². The molecule has 2 unspecified atom stereocenters. The molecule has 0 aliphatic carbocycles. The third-order valence-electron chi connectivity index (χ3n) is 5.77. The molecule has 0 radical (unpaired) electrons. The maximum atomic E-state index is 14.7. The van der Waals surface area contributed by atoms with E-state index in [1.54, 1.807) is 4.90 Å². The van der Waals surface area contributed by atoms with Gasteiger partial charge in [-0.3, -0.25) is 4.79 Å². The average molecular weight is 427 g/mol. The molecule has 7 nitrogen and oxygen atoms in total. The summed E-state index contributed by atoms with van der Waals surface area (Å²) in [6, 6.07) is 4.59. The molecular weight excluding hydrogens is 411 g/mol. The maximum Gasteiger partial charge on any atom is 0.322 e. The van der Waals surface area contributed by atoms with Crippen molar-refractivity contribution in [1.29, 1.82) is 0 Å². The van der Waals surface area contributed by atoms with Gasteiger partial charge in [-0.25, -0.2) is 23.7 Å². The number of fused-ring (bicyclic) bond motifs is 4. The van der Waals surface area contributed by atoms with Gasteiger partial charge >= 0.3 is 6.03 Å². The van der Waals surface area contributed by atoms with E-state index < -0.39 is 23.6 Å². The molecule has 1 aromatic carbocycles. The van der Waals surface area contributed by atoms with Crippen molar-refractivity contribution >= 4 is 11.7 Å². The van der Waals surface area contributed by atoms with E-state index in [4.69, 9.17) is 0 Å². The predicted molar refractivity (Wildman–Crippen MR) is 105 cm³/mol. The topological polar surface area (TPSA) is 91.0 Å². The number of hydrogen-bond donors (Lipinski definition) is 2. The van der Waals surface area contributed by atoms with Crippen LogP contribution in [0.3, 0.4) is 0 Å². The molecule has 2 bridgehead atoms. The highest BCUT2D eigenvalue weighted by molar-refractivity contribution is 5.91. The fourth-order valence-corrected chi connectivity index (χ4v) is 4.40. The van der Waals surface area contributed by atoms with Crippen molar-refractivity contribution < 1.29 is 18.0 Å². The monoisotopic (exact) mass is 427 g/mol. The lowest BCUT2D eigenvalue weighted by atomic mass is 9.99. The minimum Gasteiger partial charge on any atom is -0.313 e. The maximum absolute atomic E-state index is 14.7. The first-order valence-corrected chi connectivity index (χ1v) is 9.69. The molecule has 2 atom stereocenters. The number of anilines is 1. The Labute approximate surface area is 173 Å². The lowest BCUT2D eigenvalue weighted by Crippen LogP contribution is -2.45. The van der Waals surface area contributed by atoms with Crippen molar-refractivity contribution in [2.24, 2.45) is 0 Å². The minimum absolute atomic E-state index is 0.0943. The number of carbonyl (C=O) groups is 1. The van der Waals surface area contributed by atoms with Crippen molar-refractivity contribution in [3.63, 3.8) is 0 Å². The average Bonchev–Trinajstić information content (AvgIpc) is 3.06. The van der Waals surface area contributed by atoms with Crippen molar-refractivity contribution in [3.8, 4) is 11.1 Å². The third-order valence-corrected chi connectivity index (χ3v) is 5.77. The van der Waals surface area contributed by atoms with Crippen LogP contribution in [0.1, 0.15) is 30.1 Å². The summed E-state index contributed by atoms with van der Waals surface area (Å²) in [5.74, 6) is -2.34. The van der Waals surface area contributed by atoms with Crippen LogP contribution < -0.4 is 10.9 Å². The van der Waals surface area contributed by atoms with Crippen molar-refractivity contribution in [2.45, 2.75) is 31.3 Å². The largest absolute Gasteiger partial charge is 0.322 e. The fourth-order valence-electron chi connectivity index (χ4n) is 4.40. The van der Waals surface area contributed by atoms with Crippen LogP contribution in [0.2, 0.25) is 0 Å². The van der Waals surface area contributed by atoms with Gasteiger partial charge in [0.1, 0.15) is 11.6 Å². The summed E-state index contributed by atoms with van der Waals surface area (Å²) >= 11 is 0. The van der Waals surface area contributed by atoms with Gasteiger partial charge in [-0.1, -0.05) is 0 Å². The first-order valence-electron chi connectivity index (χ1n) is 9.69. The summed E-state index contributed by atoms with van der Waals surface area (Å²) in [7, 11) is 0. The standard InChI is InChI=1S/C21H16F3N5O2/c22-14-8-16(15(23)7-13(14)10-1-4-18(24)25-9-10)26-21(31)29-12-2-3-17(29)20-11(5-12)6-19(30)27-28-20/h1,4,6-9,12,17H,2-3,5H2,(H,26,31)(H,27,30). The normalized spacial score (nSPS) is 19.3. The van der Waals surface area contributed by atoms with E-state index in [1.165, 1.54) is 12.1 Å². The van der Waals surface area contributed by atoms with Crippen LogP contribution >= 0.6 is 0 Å². The van der Waals surface area contributed by atoms with Gasteiger partial charge in [-0.2, -0.15) is 9.49 Å². The number of hydrogen-bond acceptors (Lipinski definition) is 4. The molecule has 2 aliphatic heterocycles. The van der Waals surface area contributed by atoms with Crippen molar-refractivity contribution in [1.82, 2.24) is 20.1 Å². The van der Waals surface area contributed by atoms with Crippen molar-refractivity contribution in [3.05, 3.63) is 75.7 Å². The van der Waals surface area contributed by atoms with Crippen LogP contribution in [0.5, 0.6) is 0 Å². The smallest absolute Gasteiger partial charge is 0.313 e. The van der Waals surface area contributed by atoms with E-state index in [1.807, 2.05) is 0 Å². The molecular formula is C21H16F3N5O2. The molecule has 10 heteroatoms. The summed E-state index contributed by atoms with van der Waals surface area (Å²) in [6.07, 6.45) is 2.96. The predicted octanol–water partition coefficient (Wildman–Crippen LogP) is 3.54. The molecule has 31 heavy (non-hydrogen) atoms. The minimum atomic E-state index is -0.832. The molecule has 3 aromatic rings. The second kappa shape index (κ2) is 7.22. The van der Waals surface area contributed by atoms with Gasteiger partial charge in [0, 0.05) is 35.5 Å². The number of halogens is 3. The van der Waals surface area contributed by atoms with Crippen LogP contribution in [0.25, 0.3) is 11.1 Å². The van der Waals surface area contributed by atoms with Gasteiger partial charge in [0.2, 0.25) is 5.95 Å². The zero-order valence-electron chi connectivity index (χ0n) is 16.0. The number of rotatable bonds is 2. The Morgan fingerprint density at radius 2 is 1.97 bits per heavy atom. The SMILES string of the molecule is O=C(Nc1cc(F)c(-c2ccc(F)nc2)cc1F)N1C2CCC1c1n[nH]c(=O)cc1C2. The van der Waals surface area contributed by atoms with Crippen LogP contribution in [0.4, 0.5) is 23.7 Å². The van der Waals surface area contributed by atoms with E-state index in [9.17, 15) is 22.8 Å². The number of pyridine rings is 1. The van der Waals surface area contributed by atoms with Gasteiger partial charge in [-0.15, -0.1) is 0 Å². The Morgan fingerprint density at radius 3 is 2.74 bits per heavy atom. The molecule has 0 spiro atoms. The molecule has 0 saturated carbocycles. The number of urea groups is 1. The highest BCUT2D eigenvalue weighted by Crippen LogP contribution is 2.42. The summed E-state index contributed by atoms with van der Waals surface area (Å²) in [5.41, 5.74) is 0.930. The molecule has 1 saturated heterocycles. The van der Waals surface area contributed by atoms with Crippen LogP contribution in [0, 0.1) is 17.6 Å². The highest BCUT2D eigenvalue weighted by atomic mass is 19.1. The number of amides is 2. The number of nitrogens with zero attached hydrogens (tertiary/aromatic N) is 3. The first-order chi connectivity index (χ1) is 14.9. The van der Waals surface area contributed by atoms with E-state index in [0.717, 1.165) is 36.4 Å². The van der Waals surface area contributed by atoms with Gasteiger partial charge < -0.3 is 10.2 Å². The Kier molecular flexibility index (Phi) is 4.49. The number of aromatic nitrogens is 3. The molecule has 2 aromatic heterocycles. The molecule has 4 heterocycles. The van der Waals surface area contributed by atoms with Crippen LogP contribution in [-0.4, -0.2) is 32.2 Å². The Balaban J connectivity index is 1.41. The molecule has 158 valence electrons. The number of carbonyl (C=O) groups excluding carboxylic acids is 1. The molecule has 2 amide bonds. The molecule has 2 N–H and O–H groups in total. The van der Waals surface area contributed by atoms with Gasteiger partial charge in [0.25, 0.3) is 5.56 Å². The molecule has 2 aliphatic rings. The van der Waals surface area contributed by atoms with Gasteiger partial charge in [-0.05, 0) is 43.0 Å². The summed E-state index contributed by atoms with van der Waals surface area (Å²) in [5, 5.41) is 8.93. The number of H-pyrrole nitrogens is 1. The quantitative estimate of drug-likeness (QED) is 0.612. The Hall–Kier alpha value is -3.69. The first kappa shape index (κ1) is 19.3. The number of nitrogens with one attached hydrogen (secondary N) is 2. The Morgan fingerprint density at radius 1 is 1.13 bits per heavy atom. The second-order valence-corrected chi connectivity index (χ2v) is 7.61. The Bertz CT molecular complexity index is 1240. The highest BCUT2D eigenvalue weighted by Gasteiger charge is 2.44. The van der Waals surface area contributed by atoms with E-state index >= 15 is 0 Å². The van der Waals surface area contributed by atoms with Crippen LogP contribution in [-0.2, 0) is 6.42 Å². The van der Waals surface area contributed by atoms with Gasteiger partial charge in [0.05, 0.1) is 17.4 Å².